The zero-order valence-corrected chi connectivity index (χ0v) is 12.7. The van der Waals surface area contributed by atoms with Crippen molar-refractivity contribution in [1.82, 2.24) is 10.2 Å². The highest BCUT2D eigenvalue weighted by Crippen LogP contribution is 2.43. The molecule has 1 aromatic rings. The van der Waals surface area contributed by atoms with Gasteiger partial charge in [-0.2, -0.15) is 13.2 Å². The van der Waals surface area contributed by atoms with Crippen molar-refractivity contribution in [2.24, 2.45) is 0 Å². The molecular weight excluding hydrogens is 342 g/mol. The molecule has 1 aromatic carbocycles. The van der Waals surface area contributed by atoms with Crippen LogP contribution in [0.3, 0.4) is 0 Å². The summed E-state index contributed by atoms with van der Waals surface area (Å²) in [5.74, 6) is -0.868. The highest BCUT2D eigenvalue weighted by atomic mass is 19.4. The van der Waals surface area contributed by atoms with E-state index in [0.29, 0.717) is 13.1 Å². The maximum atomic E-state index is 13.6. The smallest absolute Gasteiger partial charge is 0.496 e. The van der Waals surface area contributed by atoms with E-state index in [1.54, 1.807) is 0 Å². The summed E-state index contributed by atoms with van der Waals surface area (Å²) in [6, 6.07) is 0.608. The Balaban J connectivity index is 2.44. The molecule has 4 nitrogen and oxygen atoms in total. The first kappa shape index (κ1) is 18.7. The number of piperazine rings is 1. The number of alkyl halides is 6. The van der Waals surface area contributed by atoms with Crippen molar-refractivity contribution in [3.8, 4) is 11.5 Å². The van der Waals surface area contributed by atoms with Crippen LogP contribution < -0.4 is 14.8 Å². The molecule has 1 aliphatic heterocycles. The third-order valence-corrected chi connectivity index (χ3v) is 3.56. The number of nitrogens with zero attached hydrogens (tertiary/aromatic N) is 1. The van der Waals surface area contributed by atoms with Gasteiger partial charge in [0.15, 0.2) is 0 Å². The Bertz CT molecular complexity index is 555. The van der Waals surface area contributed by atoms with Crippen LogP contribution in [0.15, 0.2) is 18.2 Å². The molecule has 0 saturated carbocycles. The Labute approximate surface area is 134 Å². The molecule has 0 radical (unpaired) electrons. The predicted octanol–water partition coefficient (Wildman–Crippen LogP) is 3.10. The summed E-state index contributed by atoms with van der Waals surface area (Å²) in [6.45, 7) is 0.927. The fourth-order valence-corrected chi connectivity index (χ4v) is 2.64. The van der Waals surface area contributed by atoms with E-state index in [1.807, 2.05) is 0 Å². The molecule has 0 amide bonds. The summed E-state index contributed by atoms with van der Waals surface area (Å²) >= 11 is 0. The van der Waals surface area contributed by atoms with Gasteiger partial charge in [0.2, 0.25) is 0 Å². The van der Waals surface area contributed by atoms with Gasteiger partial charge in [0.05, 0.1) is 7.11 Å². The van der Waals surface area contributed by atoms with Gasteiger partial charge in [-0.15, -0.1) is 13.2 Å². The van der Waals surface area contributed by atoms with E-state index in [1.165, 1.54) is 0 Å². The molecule has 1 saturated heterocycles. The van der Waals surface area contributed by atoms with E-state index in [0.717, 1.165) is 30.2 Å². The zero-order chi connectivity index (χ0) is 18.0. The monoisotopic (exact) mass is 358 g/mol. The van der Waals surface area contributed by atoms with Crippen LogP contribution in [0.5, 0.6) is 11.5 Å². The minimum atomic E-state index is -4.99. The zero-order valence-electron chi connectivity index (χ0n) is 12.7. The Kier molecular flexibility index (Phi) is 5.49. The molecule has 1 fully saturated rings. The lowest BCUT2D eigenvalue weighted by molar-refractivity contribution is -0.274. The van der Waals surface area contributed by atoms with Crippen molar-refractivity contribution in [2.45, 2.75) is 18.6 Å². The van der Waals surface area contributed by atoms with Gasteiger partial charge in [-0.05, 0) is 18.2 Å². The van der Waals surface area contributed by atoms with E-state index >= 15 is 0 Å². The van der Waals surface area contributed by atoms with Crippen LogP contribution in [0.2, 0.25) is 0 Å². The van der Waals surface area contributed by atoms with Gasteiger partial charge in [0.25, 0.3) is 0 Å². The number of nitrogens with one attached hydrogen (secondary N) is 1. The Morgan fingerprint density at radius 2 is 1.71 bits per heavy atom. The van der Waals surface area contributed by atoms with Gasteiger partial charge in [0, 0.05) is 31.7 Å². The fraction of sp³-hybridized carbons (Fsp3) is 0.571. The number of rotatable bonds is 4. The van der Waals surface area contributed by atoms with Gasteiger partial charge in [-0.1, -0.05) is 0 Å². The number of halogens is 6. The molecule has 1 atom stereocenters. The van der Waals surface area contributed by atoms with Crippen molar-refractivity contribution in [2.75, 3.05) is 33.3 Å². The summed E-state index contributed by atoms with van der Waals surface area (Å²) in [4.78, 5) is 1.16. The number of hydrogen-bond acceptors (Lipinski definition) is 4. The van der Waals surface area contributed by atoms with Crippen molar-refractivity contribution < 1.29 is 35.8 Å². The van der Waals surface area contributed by atoms with E-state index in [-0.39, 0.29) is 18.8 Å². The molecule has 1 N–H and O–H groups in total. The molecule has 0 aliphatic carbocycles. The average Bonchev–Trinajstić information content (AvgIpc) is 2.46. The normalized spacial score (nSPS) is 18.3. The van der Waals surface area contributed by atoms with E-state index in [4.69, 9.17) is 4.74 Å². The minimum Gasteiger partial charge on any atom is -0.496 e. The van der Waals surface area contributed by atoms with Gasteiger partial charge in [0.1, 0.15) is 17.5 Å². The molecule has 1 aliphatic rings. The summed E-state index contributed by atoms with van der Waals surface area (Å²) in [5.41, 5.74) is -0.409. The number of ether oxygens (including phenoxy) is 2. The summed E-state index contributed by atoms with van der Waals surface area (Å²) < 4.78 is 86.5. The van der Waals surface area contributed by atoms with Gasteiger partial charge >= 0.3 is 12.5 Å². The molecule has 0 bridgehead atoms. The average molecular weight is 358 g/mol. The molecule has 10 heteroatoms. The second-order valence-corrected chi connectivity index (χ2v) is 5.18. The van der Waals surface area contributed by atoms with Gasteiger partial charge in [-0.25, -0.2) is 0 Å². The van der Waals surface area contributed by atoms with Crippen LogP contribution in [-0.2, 0) is 0 Å². The second-order valence-electron chi connectivity index (χ2n) is 5.18. The lowest BCUT2D eigenvalue weighted by Gasteiger charge is -2.36. The van der Waals surface area contributed by atoms with Crippen molar-refractivity contribution in [1.29, 1.82) is 0 Å². The quantitative estimate of drug-likeness (QED) is 0.839. The van der Waals surface area contributed by atoms with E-state index in [2.05, 4.69) is 10.1 Å². The van der Waals surface area contributed by atoms with Crippen LogP contribution in [0, 0.1) is 0 Å². The summed E-state index contributed by atoms with van der Waals surface area (Å²) in [7, 11) is 1.16. The van der Waals surface area contributed by atoms with Crippen LogP contribution in [0.25, 0.3) is 0 Å². The summed E-state index contributed by atoms with van der Waals surface area (Å²) in [5, 5.41) is 2.93. The Morgan fingerprint density at radius 3 is 2.21 bits per heavy atom. The molecule has 136 valence electrons. The minimum absolute atomic E-state index is 0.109. The maximum absolute atomic E-state index is 13.6. The molecule has 0 spiro atoms. The van der Waals surface area contributed by atoms with Gasteiger partial charge < -0.3 is 14.8 Å². The molecule has 0 aromatic heterocycles. The van der Waals surface area contributed by atoms with Crippen LogP contribution in [-0.4, -0.2) is 50.7 Å². The van der Waals surface area contributed by atoms with Gasteiger partial charge in [-0.3, -0.25) is 4.90 Å². The molecule has 0 unspecified atom stereocenters. The molecule has 24 heavy (non-hydrogen) atoms. The fourth-order valence-electron chi connectivity index (χ4n) is 2.64. The number of methoxy groups -OCH3 is 1. The second kappa shape index (κ2) is 7.06. The van der Waals surface area contributed by atoms with Crippen molar-refractivity contribution >= 4 is 0 Å². The molecule has 1 heterocycles. The SMILES string of the molecule is COc1ccc(OC(F)(F)F)cc1[C@H](N1CCNCC1)C(F)(F)F. The Hall–Kier alpha value is -1.68. The first-order valence-corrected chi connectivity index (χ1v) is 7.07. The highest BCUT2D eigenvalue weighted by Gasteiger charge is 2.46. The van der Waals surface area contributed by atoms with Crippen LogP contribution in [0.1, 0.15) is 11.6 Å². The first-order valence-electron chi connectivity index (χ1n) is 7.07. The standard InChI is InChI=1S/C14H16F6N2O2/c1-23-11-3-2-9(24-14(18,19)20)8-10(11)12(13(15,16)17)22-6-4-21-5-7-22/h2-3,8,12,21H,4-7H2,1H3/t12-/m0/s1. The first-order chi connectivity index (χ1) is 11.1. The van der Waals surface area contributed by atoms with E-state index in [9.17, 15) is 26.3 Å². The lowest BCUT2D eigenvalue weighted by atomic mass is 10.0. The highest BCUT2D eigenvalue weighted by molar-refractivity contribution is 5.43. The summed E-state index contributed by atoms with van der Waals surface area (Å²) in [6.07, 6.45) is -9.67. The predicted molar refractivity (Wildman–Crippen MR) is 72.9 cm³/mol. The number of hydrogen-bond donors (Lipinski definition) is 1. The maximum Gasteiger partial charge on any atom is 0.573 e. The molecular formula is C14H16F6N2O2. The largest absolute Gasteiger partial charge is 0.573 e. The Morgan fingerprint density at radius 1 is 1.08 bits per heavy atom. The van der Waals surface area contributed by atoms with Crippen LogP contribution in [0.4, 0.5) is 26.3 Å². The molecule has 2 rings (SSSR count). The van der Waals surface area contributed by atoms with Crippen molar-refractivity contribution in [3.63, 3.8) is 0 Å². The third kappa shape index (κ3) is 4.67. The lowest BCUT2D eigenvalue weighted by Crippen LogP contribution is -2.49. The number of benzene rings is 1. The third-order valence-electron chi connectivity index (χ3n) is 3.56. The van der Waals surface area contributed by atoms with E-state index < -0.39 is 29.9 Å². The topological polar surface area (TPSA) is 33.7 Å². The van der Waals surface area contributed by atoms with Crippen LogP contribution >= 0.6 is 0 Å². The van der Waals surface area contributed by atoms with Crippen molar-refractivity contribution in [3.05, 3.63) is 23.8 Å².